The van der Waals surface area contributed by atoms with Crippen molar-refractivity contribution >= 4 is 17.6 Å². The zero-order chi connectivity index (χ0) is 30.1. The number of aliphatic hydroxyl groups excluding tert-OH is 1. The van der Waals surface area contributed by atoms with E-state index in [2.05, 4.69) is 36.3 Å². The molecule has 8 atom stereocenters. The second-order valence-electron chi connectivity index (χ2n) is 13.0. The molecule has 3 fully saturated rings. The fourth-order valence-corrected chi connectivity index (χ4v) is 8.63. The van der Waals surface area contributed by atoms with Crippen LogP contribution in [0.2, 0.25) is 0 Å². The minimum Gasteiger partial charge on any atom is -0.464 e. The number of benzene rings is 1. The Balaban J connectivity index is 1.21. The summed E-state index contributed by atoms with van der Waals surface area (Å²) in [4.78, 5) is 30.6. The van der Waals surface area contributed by atoms with Gasteiger partial charge in [0, 0.05) is 5.41 Å². The lowest BCUT2D eigenvalue weighted by molar-refractivity contribution is -0.151. The summed E-state index contributed by atoms with van der Waals surface area (Å²) in [6, 6.07) is 7.39. The first-order chi connectivity index (χ1) is 20.1. The molecule has 0 spiro atoms. The van der Waals surface area contributed by atoms with Crippen LogP contribution in [0.4, 0.5) is 0 Å². The topological polar surface area (TPSA) is 117 Å². The van der Waals surface area contributed by atoms with Gasteiger partial charge >= 0.3 is 5.97 Å². The van der Waals surface area contributed by atoms with Crippen molar-refractivity contribution in [2.75, 3.05) is 13.2 Å². The van der Waals surface area contributed by atoms with Crippen LogP contribution < -0.4 is 5.32 Å². The molecule has 3 saturated carbocycles. The fourth-order valence-electron chi connectivity index (χ4n) is 8.63. The van der Waals surface area contributed by atoms with Gasteiger partial charge in [-0.2, -0.15) is 0 Å². The average molecular weight is 577 g/mol. The molecule has 0 aromatic heterocycles. The van der Waals surface area contributed by atoms with Crippen molar-refractivity contribution in [3.8, 4) is 12.3 Å². The van der Waals surface area contributed by atoms with Crippen LogP contribution in [0.15, 0.2) is 47.1 Å². The summed E-state index contributed by atoms with van der Waals surface area (Å²) in [6.45, 7) is 6.01. The van der Waals surface area contributed by atoms with Crippen LogP contribution in [0.25, 0.3) is 0 Å². The maximum absolute atomic E-state index is 12.7. The van der Waals surface area contributed by atoms with Gasteiger partial charge in [0.15, 0.2) is 12.6 Å². The Morgan fingerprint density at radius 1 is 1.12 bits per heavy atom. The minimum atomic E-state index is -1.27. The molecular weight excluding hydrogens is 532 g/mol. The standard InChI is InChI=1S/C34H44N2O6/c1-5-34(40)19-16-27-25-13-12-23-20-24(14-17-32(23,3)26(25)15-18-33(27,34)4)36-42-21-28(37)35-29(31(39)41-6-2)30(38)22-10-8-7-9-11-22/h1,7-11,20,25-27,29-30,38,40H,6,12-19,21H2,2-4H3,(H,35,37)/b36-24+/t25-,26+,27+,29+,30-,32+,33+,34-/m1/s1. The lowest BCUT2D eigenvalue weighted by Crippen LogP contribution is -2.54. The van der Waals surface area contributed by atoms with Crippen LogP contribution in [0.5, 0.6) is 0 Å². The number of nitrogens with one attached hydrogen (secondary N) is 1. The van der Waals surface area contributed by atoms with Gasteiger partial charge in [0.1, 0.15) is 11.7 Å². The number of hydrogen-bond acceptors (Lipinski definition) is 7. The van der Waals surface area contributed by atoms with Gasteiger partial charge in [0.25, 0.3) is 5.91 Å². The fraction of sp³-hybridized carbons (Fsp3) is 0.618. The van der Waals surface area contributed by atoms with Crippen molar-refractivity contribution in [3.05, 3.63) is 47.5 Å². The first kappa shape index (κ1) is 30.3. The SMILES string of the molecule is C#C[C@@]1(O)CC[C@H]2[C@@H]3CCC4=C/C(=N/OCC(=O)N[C@H](C(=O)OCC)[C@H](O)c5ccccc5)CC[C@]4(C)[C@H]3CC[C@@]21C. The molecule has 42 heavy (non-hydrogen) atoms. The van der Waals surface area contributed by atoms with Crippen molar-refractivity contribution in [2.45, 2.75) is 89.9 Å². The highest BCUT2D eigenvalue weighted by Gasteiger charge is 2.63. The number of carbonyl (C=O) groups excluding carboxylic acids is 2. The summed E-state index contributed by atoms with van der Waals surface area (Å²) >= 11 is 0. The lowest BCUT2D eigenvalue weighted by atomic mass is 9.46. The number of aliphatic hydroxyl groups is 2. The zero-order valence-electron chi connectivity index (χ0n) is 25.0. The molecule has 1 aromatic carbocycles. The molecular formula is C34H44N2O6. The van der Waals surface area contributed by atoms with Crippen molar-refractivity contribution in [3.63, 3.8) is 0 Å². The van der Waals surface area contributed by atoms with Gasteiger partial charge < -0.3 is 25.1 Å². The van der Waals surface area contributed by atoms with E-state index in [9.17, 15) is 19.8 Å². The number of terminal acetylenes is 1. The molecule has 8 nitrogen and oxygen atoms in total. The van der Waals surface area contributed by atoms with E-state index in [0.29, 0.717) is 29.7 Å². The second-order valence-corrected chi connectivity index (χ2v) is 13.0. The van der Waals surface area contributed by atoms with Gasteiger partial charge in [-0.1, -0.05) is 60.8 Å². The summed E-state index contributed by atoms with van der Waals surface area (Å²) in [5, 5.41) is 28.8. The predicted molar refractivity (Wildman–Crippen MR) is 159 cm³/mol. The number of rotatable bonds is 8. The van der Waals surface area contributed by atoms with Crippen LogP contribution in [-0.2, 0) is 19.2 Å². The van der Waals surface area contributed by atoms with Crippen molar-refractivity contribution in [1.29, 1.82) is 0 Å². The third kappa shape index (κ3) is 5.26. The summed E-state index contributed by atoms with van der Waals surface area (Å²) in [6.07, 6.45) is 14.2. The van der Waals surface area contributed by atoms with Gasteiger partial charge in [-0.3, -0.25) is 4.79 Å². The van der Waals surface area contributed by atoms with E-state index in [-0.39, 0.29) is 24.0 Å². The highest BCUT2D eigenvalue weighted by Crippen LogP contribution is 2.67. The second kappa shape index (κ2) is 11.9. The highest BCUT2D eigenvalue weighted by atomic mass is 16.6. The molecule has 8 heteroatoms. The number of esters is 1. The first-order valence-electron chi connectivity index (χ1n) is 15.4. The number of amides is 1. The van der Waals surface area contributed by atoms with Crippen LogP contribution in [-0.4, -0.2) is 52.7 Å². The van der Waals surface area contributed by atoms with Gasteiger partial charge in [0.2, 0.25) is 0 Å². The Hall–Kier alpha value is -3.15. The molecule has 1 aromatic rings. The van der Waals surface area contributed by atoms with Crippen LogP contribution in [0.1, 0.15) is 83.8 Å². The predicted octanol–water partition coefficient (Wildman–Crippen LogP) is 4.47. The van der Waals surface area contributed by atoms with Crippen LogP contribution >= 0.6 is 0 Å². The molecule has 4 aliphatic rings. The van der Waals surface area contributed by atoms with E-state index in [0.717, 1.165) is 50.7 Å². The number of fused-ring (bicyclic) bond motifs is 5. The molecule has 0 heterocycles. The number of oxime groups is 1. The maximum Gasteiger partial charge on any atom is 0.331 e. The van der Waals surface area contributed by atoms with E-state index in [1.54, 1.807) is 37.3 Å². The monoisotopic (exact) mass is 576 g/mol. The Labute approximate surface area is 248 Å². The third-order valence-electron chi connectivity index (χ3n) is 11.1. The largest absolute Gasteiger partial charge is 0.464 e. The van der Waals surface area contributed by atoms with Gasteiger partial charge in [-0.15, -0.1) is 6.42 Å². The molecule has 3 N–H and O–H groups in total. The molecule has 5 rings (SSSR count). The Bertz CT molecular complexity index is 1290. The average Bonchev–Trinajstić information content (AvgIpc) is 3.27. The quantitative estimate of drug-likeness (QED) is 0.239. The molecule has 0 bridgehead atoms. The molecule has 4 aliphatic carbocycles. The first-order valence-corrected chi connectivity index (χ1v) is 15.4. The summed E-state index contributed by atoms with van der Waals surface area (Å²) in [5.41, 5.74) is 1.57. The third-order valence-corrected chi connectivity index (χ3v) is 11.1. The van der Waals surface area contributed by atoms with Crippen molar-refractivity contribution < 1.29 is 29.4 Å². The van der Waals surface area contributed by atoms with Gasteiger partial charge in [-0.25, -0.2) is 4.79 Å². The summed E-state index contributed by atoms with van der Waals surface area (Å²) < 4.78 is 5.08. The van der Waals surface area contributed by atoms with E-state index >= 15 is 0 Å². The molecule has 0 saturated heterocycles. The highest BCUT2D eigenvalue weighted by molar-refractivity contribution is 5.96. The minimum absolute atomic E-state index is 0.0813. The lowest BCUT2D eigenvalue weighted by Gasteiger charge is -2.58. The van der Waals surface area contributed by atoms with E-state index < -0.39 is 29.6 Å². The normalized spacial score (nSPS) is 35.9. The number of allylic oxidation sites excluding steroid dienone is 2. The number of carbonyl (C=O) groups is 2. The Kier molecular flexibility index (Phi) is 8.55. The smallest absolute Gasteiger partial charge is 0.331 e. The van der Waals surface area contributed by atoms with Crippen LogP contribution in [0, 0.1) is 40.9 Å². The molecule has 0 aliphatic heterocycles. The number of ether oxygens (including phenoxy) is 1. The molecule has 1 amide bonds. The molecule has 0 radical (unpaired) electrons. The van der Waals surface area contributed by atoms with Gasteiger partial charge in [-0.05, 0) is 93.1 Å². The zero-order valence-corrected chi connectivity index (χ0v) is 25.0. The maximum atomic E-state index is 12.7. The van der Waals surface area contributed by atoms with E-state index in [4.69, 9.17) is 16.0 Å². The molecule has 0 unspecified atom stereocenters. The van der Waals surface area contributed by atoms with Crippen LogP contribution in [0.3, 0.4) is 0 Å². The summed E-state index contributed by atoms with van der Waals surface area (Å²) in [5.74, 6) is 3.03. The summed E-state index contributed by atoms with van der Waals surface area (Å²) in [7, 11) is 0. The van der Waals surface area contributed by atoms with Crippen molar-refractivity contribution in [2.24, 2.45) is 33.7 Å². The number of nitrogens with zero attached hydrogens (tertiary/aromatic N) is 1. The van der Waals surface area contributed by atoms with E-state index in [1.807, 2.05) is 0 Å². The molecule has 226 valence electrons. The number of hydrogen-bond donors (Lipinski definition) is 3. The van der Waals surface area contributed by atoms with E-state index in [1.165, 1.54) is 5.57 Å². The van der Waals surface area contributed by atoms with Crippen molar-refractivity contribution in [1.82, 2.24) is 5.32 Å². The van der Waals surface area contributed by atoms with Gasteiger partial charge in [0.05, 0.1) is 12.3 Å². The Morgan fingerprint density at radius 2 is 1.86 bits per heavy atom. The Morgan fingerprint density at radius 3 is 2.57 bits per heavy atom.